The molecule has 2 N–H and O–H groups in total. The van der Waals surface area contributed by atoms with Gasteiger partial charge in [0.2, 0.25) is 0 Å². The van der Waals surface area contributed by atoms with Crippen molar-refractivity contribution >= 4 is 0 Å². The summed E-state index contributed by atoms with van der Waals surface area (Å²) in [6.45, 7) is 4.49. The van der Waals surface area contributed by atoms with E-state index < -0.39 is 5.82 Å². The summed E-state index contributed by atoms with van der Waals surface area (Å²) in [5.74, 6) is -0.456. The summed E-state index contributed by atoms with van der Waals surface area (Å²) in [4.78, 5) is 0. The first-order valence-corrected chi connectivity index (χ1v) is 5.28. The van der Waals surface area contributed by atoms with E-state index in [4.69, 9.17) is 4.74 Å². The van der Waals surface area contributed by atoms with Gasteiger partial charge >= 0.3 is 0 Å². The second kappa shape index (κ2) is 5.82. The summed E-state index contributed by atoms with van der Waals surface area (Å²) in [7, 11) is 1.64. The smallest absolute Gasteiger partial charge is 0.126 e. The zero-order valence-electron chi connectivity index (χ0n) is 9.83. The Labute approximate surface area is 95.2 Å². The fourth-order valence-electron chi connectivity index (χ4n) is 1.70. The average molecular weight is 227 g/mol. The Morgan fingerprint density at radius 1 is 1.44 bits per heavy atom. The van der Waals surface area contributed by atoms with Crippen molar-refractivity contribution in [3.05, 3.63) is 29.6 Å². The summed E-state index contributed by atoms with van der Waals surface area (Å²) in [5.41, 5.74) is 0.685. The highest BCUT2D eigenvalue weighted by Gasteiger charge is 2.13. The van der Waals surface area contributed by atoms with Gasteiger partial charge in [-0.05, 0) is 19.9 Å². The third kappa shape index (κ3) is 3.47. The van der Waals surface area contributed by atoms with Gasteiger partial charge in [-0.1, -0.05) is 6.07 Å². The SMILES string of the molecule is COCC(C)NC(C)c1ccc(F)cc1O. The van der Waals surface area contributed by atoms with Gasteiger partial charge < -0.3 is 15.2 Å². The number of halogens is 1. The normalized spacial score (nSPS) is 14.8. The van der Waals surface area contributed by atoms with Crippen LogP contribution >= 0.6 is 0 Å². The van der Waals surface area contributed by atoms with Crippen LogP contribution in [0.3, 0.4) is 0 Å². The lowest BCUT2D eigenvalue weighted by atomic mass is 10.1. The first kappa shape index (κ1) is 12.9. The molecule has 0 aliphatic heterocycles. The molecule has 0 aliphatic rings. The third-order valence-electron chi connectivity index (χ3n) is 2.41. The molecule has 3 nitrogen and oxygen atoms in total. The topological polar surface area (TPSA) is 41.5 Å². The van der Waals surface area contributed by atoms with E-state index in [1.165, 1.54) is 6.07 Å². The van der Waals surface area contributed by atoms with Gasteiger partial charge in [0, 0.05) is 30.8 Å². The van der Waals surface area contributed by atoms with E-state index in [1.54, 1.807) is 13.2 Å². The Balaban J connectivity index is 2.69. The molecule has 1 rings (SSSR count). The molecule has 90 valence electrons. The van der Waals surface area contributed by atoms with Crippen molar-refractivity contribution in [2.24, 2.45) is 0 Å². The van der Waals surface area contributed by atoms with Crippen molar-refractivity contribution in [1.29, 1.82) is 0 Å². The Morgan fingerprint density at radius 3 is 2.69 bits per heavy atom. The molecule has 0 amide bonds. The Hall–Kier alpha value is -1.13. The van der Waals surface area contributed by atoms with Crippen LogP contribution in [0.25, 0.3) is 0 Å². The molecule has 16 heavy (non-hydrogen) atoms. The average Bonchev–Trinajstić information content (AvgIpc) is 2.17. The largest absolute Gasteiger partial charge is 0.508 e. The predicted molar refractivity (Wildman–Crippen MR) is 61.0 cm³/mol. The highest BCUT2D eigenvalue weighted by molar-refractivity contribution is 5.34. The van der Waals surface area contributed by atoms with E-state index in [2.05, 4.69) is 5.32 Å². The van der Waals surface area contributed by atoms with Crippen LogP contribution in [-0.4, -0.2) is 24.9 Å². The summed E-state index contributed by atoms with van der Waals surface area (Å²) >= 11 is 0. The lowest BCUT2D eigenvalue weighted by Gasteiger charge is -2.20. The molecule has 0 spiro atoms. The van der Waals surface area contributed by atoms with Crippen molar-refractivity contribution in [3.8, 4) is 5.75 Å². The number of phenols is 1. The van der Waals surface area contributed by atoms with Gasteiger partial charge in [-0.3, -0.25) is 0 Å². The van der Waals surface area contributed by atoms with Gasteiger partial charge in [-0.2, -0.15) is 0 Å². The monoisotopic (exact) mass is 227 g/mol. The maximum atomic E-state index is 12.8. The van der Waals surface area contributed by atoms with Gasteiger partial charge in [-0.25, -0.2) is 4.39 Å². The minimum atomic E-state index is -0.432. The standard InChI is InChI=1S/C12H18FNO2/c1-8(7-16-3)14-9(2)11-5-4-10(13)6-12(11)15/h4-6,8-9,14-15H,7H2,1-3H3. The fourth-order valence-corrected chi connectivity index (χ4v) is 1.70. The van der Waals surface area contributed by atoms with Crippen LogP contribution in [0, 0.1) is 5.82 Å². The number of methoxy groups -OCH3 is 1. The van der Waals surface area contributed by atoms with Crippen molar-refractivity contribution < 1.29 is 14.2 Å². The minimum absolute atomic E-state index is 0.0235. The molecule has 0 radical (unpaired) electrons. The van der Waals surface area contributed by atoms with Crippen LogP contribution in [0.5, 0.6) is 5.75 Å². The molecule has 2 atom stereocenters. The number of nitrogens with one attached hydrogen (secondary N) is 1. The number of benzene rings is 1. The zero-order valence-corrected chi connectivity index (χ0v) is 9.83. The minimum Gasteiger partial charge on any atom is -0.508 e. The van der Waals surface area contributed by atoms with Crippen LogP contribution in [-0.2, 0) is 4.74 Å². The molecule has 0 saturated carbocycles. The quantitative estimate of drug-likeness (QED) is 0.810. The molecule has 0 heterocycles. The Morgan fingerprint density at radius 2 is 2.12 bits per heavy atom. The second-order valence-corrected chi connectivity index (χ2v) is 3.95. The number of ether oxygens (including phenoxy) is 1. The maximum Gasteiger partial charge on any atom is 0.126 e. The number of rotatable bonds is 5. The lowest BCUT2D eigenvalue weighted by molar-refractivity contribution is 0.167. The van der Waals surface area contributed by atoms with Gasteiger partial charge in [-0.15, -0.1) is 0 Å². The molecule has 2 unspecified atom stereocenters. The molecular formula is C12H18FNO2. The summed E-state index contributed by atoms with van der Waals surface area (Å²) < 4.78 is 17.8. The number of hydrogen-bond acceptors (Lipinski definition) is 3. The number of phenolic OH excluding ortho intramolecular Hbond substituents is 1. The second-order valence-electron chi connectivity index (χ2n) is 3.95. The molecule has 0 fully saturated rings. The van der Waals surface area contributed by atoms with Crippen LogP contribution in [0.2, 0.25) is 0 Å². The Bertz CT molecular complexity index is 344. The van der Waals surface area contributed by atoms with Crippen molar-refractivity contribution in [2.75, 3.05) is 13.7 Å². The van der Waals surface area contributed by atoms with E-state index in [0.717, 1.165) is 6.07 Å². The molecule has 0 aromatic heterocycles. The molecule has 0 bridgehead atoms. The van der Waals surface area contributed by atoms with Gasteiger partial charge in [0.1, 0.15) is 11.6 Å². The molecular weight excluding hydrogens is 209 g/mol. The number of hydrogen-bond donors (Lipinski definition) is 2. The highest BCUT2D eigenvalue weighted by atomic mass is 19.1. The van der Waals surface area contributed by atoms with Crippen molar-refractivity contribution in [1.82, 2.24) is 5.32 Å². The molecule has 0 aliphatic carbocycles. The third-order valence-corrected chi connectivity index (χ3v) is 2.41. The summed E-state index contributed by atoms with van der Waals surface area (Å²) in [5, 5.41) is 12.8. The first-order chi connectivity index (χ1) is 7.54. The predicted octanol–water partition coefficient (Wildman–Crippen LogP) is 2.22. The van der Waals surface area contributed by atoms with Gasteiger partial charge in [0.05, 0.1) is 6.61 Å². The number of aromatic hydroxyl groups is 1. The highest BCUT2D eigenvalue weighted by Crippen LogP contribution is 2.24. The first-order valence-electron chi connectivity index (χ1n) is 5.28. The molecule has 4 heteroatoms. The van der Waals surface area contributed by atoms with Crippen LogP contribution in [0.1, 0.15) is 25.5 Å². The fraction of sp³-hybridized carbons (Fsp3) is 0.500. The lowest BCUT2D eigenvalue weighted by Crippen LogP contribution is -2.32. The van der Waals surface area contributed by atoms with Crippen LogP contribution < -0.4 is 5.32 Å². The van der Waals surface area contributed by atoms with Crippen LogP contribution in [0.4, 0.5) is 4.39 Å². The zero-order chi connectivity index (χ0) is 12.1. The molecule has 1 aromatic rings. The summed E-state index contributed by atoms with van der Waals surface area (Å²) in [6, 6.07) is 4.17. The van der Waals surface area contributed by atoms with E-state index in [1.807, 2.05) is 13.8 Å². The van der Waals surface area contributed by atoms with E-state index in [9.17, 15) is 9.50 Å². The van der Waals surface area contributed by atoms with Gasteiger partial charge in [0.15, 0.2) is 0 Å². The molecule has 1 aromatic carbocycles. The van der Waals surface area contributed by atoms with Crippen molar-refractivity contribution in [2.45, 2.75) is 25.9 Å². The van der Waals surface area contributed by atoms with E-state index in [0.29, 0.717) is 12.2 Å². The van der Waals surface area contributed by atoms with Gasteiger partial charge in [0.25, 0.3) is 0 Å². The maximum absolute atomic E-state index is 12.8. The Kier molecular flexibility index (Phi) is 4.71. The summed E-state index contributed by atoms with van der Waals surface area (Å²) in [6.07, 6.45) is 0. The van der Waals surface area contributed by atoms with Crippen molar-refractivity contribution in [3.63, 3.8) is 0 Å². The van der Waals surface area contributed by atoms with E-state index in [-0.39, 0.29) is 17.8 Å². The molecule has 0 saturated heterocycles. The van der Waals surface area contributed by atoms with E-state index >= 15 is 0 Å². The van der Waals surface area contributed by atoms with Crippen LogP contribution in [0.15, 0.2) is 18.2 Å².